The molecule has 0 unspecified atom stereocenters. The first-order valence-electron chi connectivity index (χ1n) is 4.43. The molecule has 0 atom stereocenters. The maximum atomic E-state index is 3.49. The number of anilines is 2. The van der Waals surface area contributed by atoms with Crippen molar-refractivity contribution in [1.29, 1.82) is 0 Å². The fourth-order valence-corrected chi connectivity index (χ4v) is 1.62. The fraction of sp³-hybridized carbons (Fsp3) is 0. The Hall–Kier alpha value is -1.28. The number of benzene rings is 2. The summed E-state index contributed by atoms with van der Waals surface area (Å²) in [6.07, 6.45) is 0. The Morgan fingerprint density at radius 3 is 2.14 bits per heavy atom. The normalized spacial score (nSPS) is 9.79. The molecule has 0 heterocycles. The van der Waals surface area contributed by atoms with Crippen LogP contribution in [0.1, 0.15) is 0 Å². The van der Waals surface area contributed by atoms with Crippen LogP contribution in [0.2, 0.25) is 0 Å². The van der Waals surface area contributed by atoms with Gasteiger partial charge in [-0.05, 0) is 40.2 Å². The van der Waals surface area contributed by atoms with Gasteiger partial charge in [-0.25, -0.2) is 0 Å². The first-order chi connectivity index (χ1) is 6.86. The van der Waals surface area contributed by atoms with Gasteiger partial charge in [0.25, 0.3) is 0 Å². The third-order valence-electron chi connectivity index (χ3n) is 1.93. The van der Waals surface area contributed by atoms with Gasteiger partial charge in [0.05, 0.1) is 5.69 Å². The Kier molecular flexibility index (Phi) is 2.84. The van der Waals surface area contributed by atoms with Gasteiger partial charge < -0.3 is 5.32 Å². The Morgan fingerprint density at radius 2 is 1.43 bits per heavy atom. The van der Waals surface area contributed by atoms with Gasteiger partial charge in [-0.15, -0.1) is 0 Å². The summed E-state index contributed by atoms with van der Waals surface area (Å²) in [5.41, 5.74) is 2.18. The van der Waals surface area contributed by atoms with Gasteiger partial charge in [0.2, 0.25) is 0 Å². The Labute approximate surface area is 91.9 Å². The second kappa shape index (κ2) is 4.29. The molecule has 0 bridgehead atoms. The quantitative estimate of drug-likeness (QED) is 0.840. The molecule has 1 N–H and O–H groups in total. The van der Waals surface area contributed by atoms with Crippen molar-refractivity contribution in [3.8, 4) is 0 Å². The van der Waals surface area contributed by atoms with Crippen molar-refractivity contribution in [2.75, 3.05) is 5.32 Å². The highest BCUT2D eigenvalue weighted by atomic mass is 79.9. The standard InChI is InChI=1S/C12H10BrN/c13-11-8-4-5-9-12(11)14-10-6-2-1-3-7-10/h1-9,14H. The van der Waals surface area contributed by atoms with Crippen molar-refractivity contribution < 1.29 is 0 Å². The fourth-order valence-electron chi connectivity index (χ4n) is 1.24. The highest BCUT2D eigenvalue weighted by molar-refractivity contribution is 9.10. The largest absolute Gasteiger partial charge is 0.355 e. The molecule has 2 aromatic carbocycles. The average molecular weight is 248 g/mol. The van der Waals surface area contributed by atoms with Crippen LogP contribution in [0, 0.1) is 0 Å². The minimum absolute atomic E-state index is 1.07. The molecule has 0 amide bonds. The summed E-state index contributed by atoms with van der Waals surface area (Å²) >= 11 is 3.49. The van der Waals surface area contributed by atoms with Crippen LogP contribution in [0.3, 0.4) is 0 Å². The third kappa shape index (κ3) is 2.15. The second-order valence-electron chi connectivity index (χ2n) is 2.97. The third-order valence-corrected chi connectivity index (χ3v) is 2.62. The summed E-state index contributed by atoms with van der Waals surface area (Å²) in [7, 11) is 0. The summed E-state index contributed by atoms with van der Waals surface area (Å²) in [5.74, 6) is 0. The zero-order valence-corrected chi connectivity index (χ0v) is 9.16. The number of hydrogen-bond acceptors (Lipinski definition) is 1. The predicted molar refractivity (Wildman–Crippen MR) is 63.9 cm³/mol. The Balaban J connectivity index is 2.24. The van der Waals surface area contributed by atoms with Crippen LogP contribution >= 0.6 is 15.9 Å². The summed E-state index contributed by atoms with van der Waals surface area (Å²) in [6, 6.07) is 18.2. The lowest BCUT2D eigenvalue weighted by molar-refractivity contribution is 1.52. The van der Waals surface area contributed by atoms with Crippen LogP contribution < -0.4 is 5.32 Å². The zero-order valence-electron chi connectivity index (χ0n) is 7.57. The van der Waals surface area contributed by atoms with Gasteiger partial charge in [-0.2, -0.15) is 0 Å². The van der Waals surface area contributed by atoms with Crippen LogP contribution in [-0.4, -0.2) is 0 Å². The van der Waals surface area contributed by atoms with Crippen LogP contribution in [-0.2, 0) is 0 Å². The summed E-state index contributed by atoms with van der Waals surface area (Å²) < 4.78 is 1.07. The molecule has 0 saturated carbocycles. The minimum atomic E-state index is 1.07. The van der Waals surface area contributed by atoms with Gasteiger partial charge in [-0.1, -0.05) is 30.3 Å². The topological polar surface area (TPSA) is 12.0 Å². The molecule has 0 aliphatic heterocycles. The van der Waals surface area contributed by atoms with Crippen LogP contribution in [0.5, 0.6) is 0 Å². The number of nitrogens with one attached hydrogen (secondary N) is 1. The molecule has 0 aromatic heterocycles. The molecule has 0 spiro atoms. The van der Waals surface area contributed by atoms with Gasteiger partial charge in [0.15, 0.2) is 0 Å². The number of hydrogen-bond donors (Lipinski definition) is 1. The Morgan fingerprint density at radius 1 is 0.786 bits per heavy atom. The predicted octanol–water partition coefficient (Wildman–Crippen LogP) is 4.19. The lowest BCUT2D eigenvalue weighted by atomic mass is 10.3. The summed E-state index contributed by atoms with van der Waals surface area (Å²) in [4.78, 5) is 0. The van der Waals surface area contributed by atoms with Gasteiger partial charge >= 0.3 is 0 Å². The van der Waals surface area contributed by atoms with E-state index >= 15 is 0 Å². The molecule has 0 aliphatic carbocycles. The highest BCUT2D eigenvalue weighted by Crippen LogP contribution is 2.24. The van der Waals surface area contributed by atoms with Crippen molar-refractivity contribution in [3.63, 3.8) is 0 Å². The van der Waals surface area contributed by atoms with E-state index in [0.717, 1.165) is 15.8 Å². The molecule has 0 radical (unpaired) electrons. The Bertz CT molecular complexity index is 412. The second-order valence-corrected chi connectivity index (χ2v) is 3.83. The van der Waals surface area contributed by atoms with E-state index in [1.54, 1.807) is 0 Å². The van der Waals surface area contributed by atoms with Crippen molar-refractivity contribution in [1.82, 2.24) is 0 Å². The number of rotatable bonds is 2. The SMILES string of the molecule is Brc1ccccc1Nc1ccccc1. The lowest BCUT2D eigenvalue weighted by Gasteiger charge is -2.07. The monoisotopic (exact) mass is 247 g/mol. The first-order valence-corrected chi connectivity index (χ1v) is 5.22. The molecule has 14 heavy (non-hydrogen) atoms. The van der Waals surface area contributed by atoms with Crippen molar-refractivity contribution >= 4 is 27.3 Å². The molecular formula is C12H10BrN. The van der Waals surface area contributed by atoms with Crippen LogP contribution in [0.25, 0.3) is 0 Å². The van der Waals surface area contributed by atoms with Crippen molar-refractivity contribution in [2.24, 2.45) is 0 Å². The lowest BCUT2D eigenvalue weighted by Crippen LogP contribution is -1.89. The maximum Gasteiger partial charge on any atom is 0.0528 e. The van der Waals surface area contributed by atoms with E-state index in [2.05, 4.69) is 21.2 Å². The smallest absolute Gasteiger partial charge is 0.0528 e. The molecule has 2 heteroatoms. The number of para-hydroxylation sites is 2. The minimum Gasteiger partial charge on any atom is -0.355 e. The van der Waals surface area contributed by atoms with E-state index in [9.17, 15) is 0 Å². The van der Waals surface area contributed by atoms with E-state index in [0.29, 0.717) is 0 Å². The summed E-state index contributed by atoms with van der Waals surface area (Å²) in [6.45, 7) is 0. The highest BCUT2D eigenvalue weighted by Gasteiger charge is 1.97. The van der Waals surface area contributed by atoms with Crippen molar-refractivity contribution in [2.45, 2.75) is 0 Å². The average Bonchev–Trinajstić information content (AvgIpc) is 2.23. The van der Waals surface area contributed by atoms with Crippen LogP contribution in [0.15, 0.2) is 59.1 Å². The number of halogens is 1. The van der Waals surface area contributed by atoms with Gasteiger partial charge in [0.1, 0.15) is 0 Å². The molecule has 0 aliphatic rings. The van der Waals surface area contributed by atoms with Gasteiger partial charge in [-0.3, -0.25) is 0 Å². The summed E-state index contributed by atoms with van der Waals surface area (Å²) in [5, 5.41) is 3.33. The van der Waals surface area contributed by atoms with Crippen molar-refractivity contribution in [3.05, 3.63) is 59.1 Å². The van der Waals surface area contributed by atoms with E-state index in [4.69, 9.17) is 0 Å². The van der Waals surface area contributed by atoms with E-state index in [1.807, 2.05) is 54.6 Å². The van der Waals surface area contributed by atoms with E-state index in [-0.39, 0.29) is 0 Å². The molecule has 70 valence electrons. The molecule has 2 rings (SSSR count). The molecule has 0 fully saturated rings. The van der Waals surface area contributed by atoms with Crippen LogP contribution in [0.4, 0.5) is 11.4 Å². The zero-order chi connectivity index (χ0) is 9.80. The van der Waals surface area contributed by atoms with Gasteiger partial charge in [0, 0.05) is 10.2 Å². The van der Waals surface area contributed by atoms with E-state index < -0.39 is 0 Å². The molecule has 1 nitrogen and oxygen atoms in total. The van der Waals surface area contributed by atoms with E-state index in [1.165, 1.54) is 0 Å². The maximum absolute atomic E-state index is 3.49. The molecule has 2 aromatic rings. The molecule has 0 saturated heterocycles. The molecular weight excluding hydrogens is 238 g/mol. The first kappa shape index (κ1) is 9.28.